The van der Waals surface area contributed by atoms with E-state index in [1.807, 2.05) is 31.2 Å². The minimum absolute atomic E-state index is 0.0878. The van der Waals surface area contributed by atoms with Crippen molar-refractivity contribution in [1.82, 2.24) is 13.9 Å². The van der Waals surface area contributed by atoms with Crippen LogP contribution in [0.3, 0.4) is 0 Å². The van der Waals surface area contributed by atoms with E-state index >= 15 is 0 Å². The van der Waals surface area contributed by atoms with Crippen LogP contribution in [0.2, 0.25) is 0 Å². The third-order valence-corrected chi connectivity index (χ3v) is 8.34. The van der Waals surface area contributed by atoms with Crippen molar-refractivity contribution in [2.24, 2.45) is 5.73 Å². The van der Waals surface area contributed by atoms with E-state index in [9.17, 15) is 13.2 Å². The fraction of sp³-hybridized carbons (Fsp3) is 0.259. The lowest BCUT2D eigenvalue weighted by atomic mass is 9.99. The van der Waals surface area contributed by atoms with Gasteiger partial charge in [-0.1, -0.05) is 29.8 Å². The van der Waals surface area contributed by atoms with Gasteiger partial charge in [-0.3, -0.25) is 4.79 Å². The first kappa shape index (κ1) is 24.0. The standard InChI is InChI=1S/C27H27N4O4S/c1-18-8-10-22(11-9-18)36(33,34)31-14-12-23-25(26(28)32)24(16-29-27(23)31)19-5-3-7-21(15-19)35-17-20-6-4-13-30(20)2/h3,5,7-11,14-16,20H,4,6,13,17H2,1-2H3,(H2,28,32)/t20-/m0/s1. The number of carbonyl (C=O) groups excluding carboxylic acids is 1. The summed E-state index contributed by atoms with van der Waals surface area (Å²) in [5.74, 6) is -0.0233. The van der Waals surface area contributed by atoms with E-state index in [0.717, 1.165) is 28.9 Å². The van der Waals surface area contributed by atoms with Gasteiger partial charge in [0.25, 0.3) is 10.0 Å². The average Bonchev–Trinajstić information content (AvgIpc) is 3.48. The normalized spacial score (nSPS) is 16.4. The number of likely N-dealkylation sites (N-methyl/N-ethyl adjacent to an activating group) is 1. The molecule has 1 saturated heterocycles. The highest BCUT2D eigenvalue weighted by atomic mass is 32.2. The Bertz CT molecular complexity index is 1540. The summed E-state index contributed by atoms with van der Waals surface area (Å²) in [6.07, 6.45) is 5.01. The van der Waals surface area contributed by atoms with Crippen LogP contribution >= 0.6 is 0 Å². The molecule has 2 aromatic heterocycles. The SMILES string of the molecule is Cc1ccc(S(=O)(=O)n2c[c]c3c(C(N)=O)c(-c4cccc(OC[C@@H]5CCCN5C)c4)cnc32)cc1. The number of rotatable bonds is 7. The fourth-order valence-corrected chi connectivity index (χ4v) is 5.87. The van der Waals surface area contributed by atoms with Gasteiger partial charge in [-0.25, -0.2) is 17.4 Å². The van der Waals surface area contributed by atoms with Crippen LogP contribution in [0.4, 0.5) is 0 Å². The molecule has 185 valence electrons. The Kier molecular flexibility index (Phi) is 6.27. The number of benzene rings is 2. The van der Waals surface area contributed by atoms with E-state index in [1.54, 1.807) is 12.1 Å². The van der Waals surface area contributed by atoms with Crippen LogP contribution in [-0.4, -0.2) is 54.4 Å². The van der Waals surface area contributed by atoms with Gasteiger partial charge in [-0.15, -0.1) is 0 Å². The first-order valence-electron chi connectivity index (χ1n) is 11.7. The lowest BCUT2D eigenvalue weighted by Gasteiger charge is -2.20. The summed E-state index contributed by atoms with van der Waals surface area (Å²) in [5, 5.41) is 0.245. The first-order valence-corrected chi connectivity index (χ1v) is 13.2. The van der Waals surface area contributed by atoms with Crippen LogP contribution in [0.5, 0.6) is 5.75 Å². The third-order valence-electron chi connectivity index (χ3n) is 6.68. The predicted molar refractivity (Wildman–Crippen MR) is 137 cm³/mol. The molecule has 3 heterocycles. The number of carbonyl (C=O) groups is 1. The van der Waals surface area contributed by atoms with Gasteiger partial charge in [-0.2, -0.15) is 0 Å². The average molecular weight is 504 g/mol. The third kappa shape index (κ3) is 4.36. The van der Waals surface area contributed by atoms with Gasteiger partial charge in [0.2, 0.25) is 5.91 Å². The summed E-state index contributed by atoms with van der Waals surface area (Å²) in [7, 11) is -1.84. The number of pyridine rings is 1. The maximum absolute atomic E-state index is 13.3. The number of nitrogens with two attached hydrogens (primary N) is 1. The molecule has 4 aromatic rings. The fourth-order valence-electron chi connectivity index (χ4n) is 4.61. The highest BCUT2D eigenvalue weighted by molar-refractivity contribution is 7.90. The second-order valence-corrected chi connectivity index (χ2v) is 10.9. The van der Waals surface area contributed by atoms with Gasteiger partial charge < -0.3 is 15.4 Å². The van der Waals surface area contributed by atoms with Crippen molar-refractivity contribution in [1.29, 1.82) is 0 Å². The van der Waals surface area contributed by atoms with Gasteiger partial charge in [0.05, 0.1) is 10.5 Å². The monoisotopic (exact) mass is 503 g/mol. The number of amides is 1. The Morgan fingerprint density at radius 3 is 2.69 bits per heavy atom. The lowest BCUT2D eigenvalue weighted by molar-refractivity contribution is 0.100. The molecule has 1 fully saturated rings. The molecule has 2 N–H and O–H groups in total. The van der Waals surface area contributed by atoms with Gasteiger partial charge in [-0.05, 0) is 63.2 Å². The molecule has 0 unspecified atom stereocenters. The Morgan fingerprint density at radius 2 is 2.00 bits per heavy atom. The second kappa shape index (κ2) is 9.40. The quantitative estimate of drug-likeness (QED) is 0.413. The molecule has 1 aliphatic heterocycles. The van der Waals surface area contributed by atoms with Gasteiger partial charge in [0.1, 0.15) is 12.4 Å². The van der Waals surface area contributed by atoms with Crippen LogP contribution in [-0.2, 0) is 10.0 Å². The maximum atomic E-state index is 13.3. The minimum Gasteiger partial charge on any atom is -0.492 e. The van der Waals surface area contributed by atoms with Crippen molar-refractivity contribution in [3.63, 3.8) is 0 Å². The molecule has 9 heteroatoms. The number of aryl methyl sites for hydroxylation is 1. The highest BCUT2D eigenvalue weighted by Gasteiger charge is 2.25. The zero-order valence-corrected chi connectivity index (χ0v) is 21.0. The molecule has 1 radical (unpaired) electrons. The Morgan fingerprint density at radius 1 is 1.22 bits per heavy atom. The molecular formula is C27H27N4O4S. The number of likely N-dealkylation sites (tertiary alicyclic amines) is 1. The Labute approximate surface area is 210 Å². The van der Waals surface area contributed by atoms with E-state index in [-0.39, 0.29) is 21.5 Å². The molecule has 1 aliphatic rings. The molecule has 36 heavy (non-hydrogen) atoms. The van der Waals surface area contributed by atoms with Gasteiger partial charge >= 0.3 is 0 Å². The Balaban J connectivity index is 1.53. The number of hydrogen-bond acceptors (Lipinski definition) is 6. The van der Waals surface area contributed by atoms with Crippen molar-refractivity contribution in [2.75, 3.05) is 20.2 Å². The molecule has 5 rings (SSSR count). The number of hydrogen-bond donors (Lipinski definition) is 1. The number of ether oxygens (including phenoxy) is 1. The van der Waals surface area contributed by atoms with Crippen LogP contribution in [0.15, 0.2) is 65.8 Å². The van der Waals surface area contributed by atoms with Crippen LogP contribution in [0, 0.1) is 13.0 Å². The van der Waals surface area contributed by atoms with Crippen molar-refractivity contribution >= 4 is 27.0 Å². The summed E-state index contributed by atoms with van der Waals surface area (Å²) in [6, 6.07) is 17.2. The summed E-state index contributed by atoms with van der Waals surface area (Å²) in [6.45, 7) is 3.52. The topological polar surface area (TPSA) is 108 Å². The van der Waals surface area contributed by atoms with Crippen molar-refractivity contribution < 1.29 is 17.9 Å². The van der Waals surface area contributed by atoms with Gasteiger partial charge in [0.15, 0.2) is 5.65 Å². The summed E-state index contributed by atoms with van der Waals surface area (Å²) >= 11 is 0. The molecule has 0 saturated carbocycles. The number of fused-ring (bicyclic) bond motifs is 1. The van der Waals surface area contributed by atoms with Gasteiger partial charge in [0, 0.05) is 35.5 Å². The molecule has 2 aromatic carbocycles. The van der Waals surface area contributed by atoms with E-state index in [1.165, 1.54) is 24.5 Å². The lowest BCUT2D eigenvalue weighted by Crippen LogP contribution is -2.30. The molecule has 1 atom stereocenters. The Hall–Kier alpha value is -3.69. The molecule has 0 bridgehead atoms. The largest absolute Gasteiger partial charge is 0.492 e. The van der Waals surface area contributed by atoms with Crippen molar-refractivity contribution in [2.45, 2.75) is 30.7 Å². The number of nitrogens with zero attached hydrogens (tertiary/aromatic N) is 3. The first-order chi connectivity index (χ1) is 17.3. The second-order valence-electron chi connectivity index (χ2n) is 9.11. The molecule has 0 spiro atoms. The zero-order valence-electron chi connectivity index (χ0n) is 20.1. The predicted octanol–water partition coefficient (Wildman–Crippen LogP) is 3.62. The zero-order chi connectivity index (χ0) is 25.4. The summed E-state index contributed by atoms with van der Waals surface area (Å²) in [5.41, 5.74) is 8.14. The van der Waals surface area contributed by atoms with Crippen molar-refractivity contribution in [3.05, 3.63) is 78.1 Å². The number of primary amides is 1. The van der Waals surface area contributed by atoms with E-state index in [0.29, 0.717) is 29.5 Å². The smallest absolute Gasteiger partial charge is 0.269 e. The summed E-state index contributed by atoms with van der Waals surface area (Å²) in [4.78, 5) is 19.4. The van der Waals surface area contributed by atoms with E-state index < -0.39 is 15.9 Å². The molecule has 0 aliphatic carbocycles. The van der Waals surface area contributed by atoms with Crippen LogP contribution in [0.1, 0.15) is 28.8 Å². The molecule has 1 amide bonds. The number of aromatic nitrogens is 2. The van der Waals surface area contributed by atoms with Crippen LogP contribution in [0.25, 0.3) is 22.2 Å². The maximum Gasteiger partial charge on any atom is 0.269 e. The van der Waals surface area contributed by atoms with Crippen molar-refractivity contribution in [3.8, 4) is 16.9 Å². The van der Waals surface area contributed by atoms with E-state index in [4.69, 9.17) is 10.5 Å². The minimum atomic E-state index is -3.94. The summed E-state index contributed by atoms with van der Waals surface area (Å²) < 4.78 is 33.6. The van der Waals surface area contributed by atoms with E-state index in [2.05, 4.69) is 23.0 Å². The highest BCUT2D eigenvalue weighted by Crippen LogP contribution is 2.32. The molecule has 8 nitrogen and oxygen atoms in total. The van der Waals surface area contributed by atoms with Crippen LogP contribution < -0.4 is 10.5 Å². The molecular weight excluding hydrogens is 476 g/mol.